The van der Waals surface area contributed by atoms with Crippen LogP contribution in [0.5, 0.6) is 0 Å². The van der Waals surface area contributed by atoms with Crippen LogP contribution < -0.4 is 4.90 Å². The number of rotatable bonds is 6. The average Bonchev–Trinajstić information content (AvgIpc) is 3.61. The van der Waals surface area contributed by atoms with Gasteiger partial charge in [0.15, 0.2) is 5.78 Å². The normalized spacial score (nSPS) is 22.9. The summed E-state index contributed by atoms with van der Waals surface area (Å²) < 4.78 is 20.6. The Morgan fingerprint density at radius 1 is 1.26 bits per heavy atom. The summed E-state index contributed by atoms with van der Waals surface area (Å²) in [6.45, 7) is 5.39. The van der Waals surface area contributed by atoms with Crippen LogP contribution in [0.15, 0.2) is 24.3 Å². The fourth-order valence-corrected chi connectivity index (χ4v) is 7.13. The number of hydrogen-bond donors (Lipinski definition) is 0. The summed E-state index contributed by atoms with van der Waals surface area (Å²) in [5.74, 6) is -1.16. The van der Waals surface area contributed by atoms with Gasteiger partial charge in [-0.3, -0.25) is 14.5 Å². The molecule has 0 radical (unpaired) electrons. The van der Waals surface area contributed by atoms with E-state index >= 15 is 0 Å². The molecular formula is C29H32FN3O4S. The van der Waals surface area contributed by atoms with E-state index in [-0.39, 0.29) is 36.5 Å². The number of carbonyl (C=O) groups is 3. The van der Waals surface area contributed by atoms with Crippen molar-refractivity contribution in [2.75, 3.05) is 11.9 Å². The number of ether oxygens (including phenoxy) is 1. The predicted molar refractivity (Wildman–Crippen MR) is 142 cm³/mol. The highest BCUT2D eigenvalue weighted by Gasteiger charge is 2.52. The standard InChI is InChI=1S/C29H32FN3O4S/c1-29(2,3)37-28(36)33-20-8-7-19(11-20)27(33)23(34)9-16(15-31)10-25-21(30)14-24(38-25)18-6-5-17-13-26(35)32(4)22(17)12-18/h5-6,12,14,16,19-20,27H,7-11,13H2,1-4H3/t16?,19-,20+,27-/m0/s1. The molecule has 3 aliphatic rings. The Morgan fingerprint density at radius 3 is 2.74 bits per heavy atom. The average molecular weight is 538 g/mol. The van der Waals surface area contributed by atoms with Crippen molar-refractivity contribution in [2.24, 2.45) is 11.8 Å². The van der Waals surface area contributed by atoms with E-state index in [0.717, 1.165) is 36.1 Å². The zero-order chi connectivity index (χ0) is 27.4. The van der Waals surface area contributed by atoms with Crippen LogP contribution in [-0.4, -0.2) is 47.4 Å². The van der Waals surface area contributed by atoms with E-state index in [1.807, 2.05) is 18.2 Å². The second kappa shape index (κ2) is 9.81. The molecule has 1 aromatic heterocycles. The van der Waals surface area contributed by atoms with Crippen molar-refractivity contribution in [2.45, 2.75) is 77.0 Å². The summed E-state index contributed by atoms with van der Waals surface area (Å²) in [7, 11) is 1.73. The van der Waals surface area contributed by atoms with Crippen LogP contribution in [0.4, 0.5) is 14.9 Å². The van der Waals surface area contributed by atoms with E-state index in [1.165, 1.54) is 17.4 Å². The maximum atomic E-state index is 15.0. The summed E-state index contributed by atoms with van der Waals surface area (Å²) >= 11 is 1.26. The van der Waals surface area contributed by atoms with Crippen LogP contribution in [0.1, 0.15) is 56.9 Å². The molecule has 3 heterocycles. The van der Waals surface area contributed by atoms with Crippen LogP contribution in [0.3, 0.4) is 0 Å². The smallest absolute Gasteiger partial charge is 0.411 e. The van der Waals surface area contributed by atoms with Gasteiger partial charge in [0.05, 0.1) is 24.4 Å². The van der Waals surface area contributed by atoms with E-state index in [1.54, 1.807) is 37.6 Å². The SMILES string of the molecule is CN1C(=O)Cc2ccc(-c3cc(F)c(CC(C#N)CC(=O)[C@@H]4[C@H]5CC[C@H](C5)N4C(=O)OC(C)(C)C)s3)cc21. The summed E-state index contributed by atoms with van der Waals surface area (Å²) in [5.41, 5.74) is 1.91. The number of thiophene rings is 1. The van der Waals surface area contributed by atoms with Gasteiger partial charge in [0, 0.05) is 41.4 Å². The molecule has 0 N–H and O–H groups in total. The minimum Gasteiger partial charge on any atom is -0.444 e. The van der Waals surface area contributed by atoms with Crippen LogP contribution in [-0.2, 0) is 27.2 Å². The third-order valence-electron chi connectivity index (χ3n) is 7.79. The molecule has 0 spiro atoms. The minimum atomic E-state index is -0.702. The Hall–Kier alpha value is -3.25. The molecule has 1 aliphatic carbocycles. The molecule has 9 heteroatoms. The number of nitrogens with zero attached hydrogens (tertiary/aromatic N) is 3. The number of benzene rings is 1. The topological polar surface area (TPSA) is 90.7 Å². The van der Waals surface area contributed by atoms with Gasteiger partial charge < -0.3 is 9.64 Å². The van der Waals surface area contributed by atoms with Gasteiger partial charge in [0.2, 0.25) is 5.91 Å². The third-order valence-corrected chi connectivity index (χ3v) is 8.97. The number of halogens is 1. The molecule has 1 saturated carbocycles. The first-order chi connectivity index (χ1) is 17.9. The summed E-state index contributed by atoms with van der Waals surface area (Å²) in [6.07, 6.45) is 2.47. The van der Waals surface area contributed by atoms with Gasteiger partial charge in [-0.05, 0) is 69.2 Å². The zero-order valence-electron chi connectivity index (χ0n) is 22.1. The van der Waals surface area contributed by atoms with E-state index in [4.69, 9.17) is 4.74 Å². The monoisotopic (exact) mass is 537 g/mol. The molecule has 38 heavy (non-hydrogen) atoms. The van der Waals surface area contributed by atoms with Crippen molar-refractivity contribution in [1.82, 2.24) is 4.90 Å². The maximum absolute atomic E-state index is 15.0. The summed E-state index contributed by atoms with van der Waals surface area (Å²) in [5, 5.41) is 9.85. The molecule has 200 valence electrons. The van der Waals surface area contributed by atoms with Crippen molar-refractivity contribution in [3.05, 3.63) is 40.5 Å². The molecule has 1 aromatic carbocycles. The fraction of sp³-hybridized carbons (Fsp3) is 0.517. The fourth-order valence-electron chi connectivity index (χ4n) is 6.01. The highest BCUT2D eigenvalue weighted by Crippen LogP contribution is 2.44. The second-order valence-electron chi connectivity index (χ2n) is 11.6. The summed E-state index contributed by atoms with van der Waals surface area (Å²) in [6, 6.07) is 8.71. The lowest BCUT2D eigenvalue weighted by atomic mass is 9.89. The van der Waals surface area contributed by atoms with Gasteiger partial charge in [-0.25, -0.2) is 9.18 Å². The first-order valence-electron chi connectivity index (χ1n) is 13.1. The number of carbonyl (C=O) groups excluding carboxylic acids is 3. The Kier molecular flexibility index (Phi) is 6.80. The maximum Gasteiger partial charge on any atom is 0.411 e. The number of anilines is 1. The van der Waals surface area contributed by atoms with Crippen molar-refractivity contribution in [1.29, 1.82) is 5.26 Å². The minimum absolute atomic E-state index is 0.0108. The van der Waals surface area contributed by atoms with E-state index < -0.39 is 29.5 Å². The van der Waals surface area contributed by atoms with Gasteiger partial charge in [-0.1, -0.05) is 12.1 Å². The number of likely N-dealkylation sites (tertiary alicyclic amines) is 1. The predicted octanol–water partition coefficient (Wildman–Crippen LogP) is 5.50. The van der Waals surface area contributed by atoms with Crippen molar-refractivity contribution >= 4 is 34.8 Å². The summed E-state index contributed by atoms with van der Waals surface area (Å²) in [4.78, 5) is 42.7. The first-order valence-corrected chi connectivity index (χ1v) is 13.9. The van der Waals surface area contributed by atoms with Crippen LogP contribution in [0.25, 0.3) is 10.4 Å². The number of fused-ring (bicyclic) bond motifs is 3. The number of piperidine rings is 1. The third kappa shape index (κ3) is 4.94. The highest BCUT2D eigenvalue weighted by molar-refractivity contribution is 7.15. The van der Waals surface area contributed by atoms with Gasteiger partial charge >= 0.3 is 6.09 Å². The van der Waals surface area contributed by atoms with Crippen molar-refractivity contribution < 1.29 is 23.5 Å². The molecule has 7 nitrogen and oxygen atoms in total. The number of hydrogen-bond acceptors (Lipinski definition) is 6. The quantitative estimate of drug-likeness (QED) is 0.485. The molecule has 2 aromatic rings. The van der Waals surface area contributed by atoms with E-state index in [0.29, 0.717) is 16.2 Å². The number of nitriles is 1. The number of Topliss-reactive ketones (excluding diaryl/α,β-unsaturated/α-hetero) is 1. The van der Waals surface area contributed by atoms with Crippen LogP contribution in [0, 0.1) is 29.0 Å². The van der Waals surface area contributed by atoms with Crippen LogP contribution >= 0.6 is 11.3 Å². The first kappa shape index (κ1) is 26.4. The van der Waals surface area contributed by atoms with E-state index in [2.05, 4.69) is 6.07 Å². The van der Waals surface area contributed by atoms with Crippen LogP contribution in [0.2, 0.25) is 0 Å². The van der Waals surface area contributed by atoms with Gasteiger partial charge in [0.25, 0.3) is 0 Å². The Morgan fingerprint density at radius 2 is 2.03 bits per heavy atom. The highest BCUT2D eigenvalue weighted by atomic mass is 32.1. The Balaban J connectivity index is 1.29. The lowest BCUT2D eigenvalue weighted by Crippen LogP contribution is -2.51. The van der Waals surface area contributed by atoms with E-state index in [9.17, 15) is 24.0 Å². The molecule has 4 atom stereocenters. The molecule has 2 aliphatic heterocycles. The molecule has 1 saturated heterocycles. The van der Waals surface area contributed by atoms with Gasteiger partial charge in [-0.15, -0.1) is 11.3 Å². The molecule has 2 fully saturated rings. The molecule has 5 rings (SSSR count). The Bertz CT molecular complexity index is 1340. The zero-order valence-corrected chi connectivity index (χ0v) is 22.9. The molecule has 2 bridgehead atoms. The number of amides is 2. The Labute approximate surface area is 226 Å². The van der Waals surface area contributed by atoms with Crippen molar-refractivity contribution in [3.8, 4) is 16.5 Å². The largest absolute Gasteiger partial charge is 0.444 e. The number of ketones is 1. The second-order valence-corrected chi connectivity index (χ2v) is 12.8. The van der Waals surface area contributed by atoms with Crippen molar-refractivity contribution in [3.63, 3.8) is 0 Å². The molecule has 1 unspecified atom stereocenters. The lowest BCUT2D eigenvalue weighted by molar-refractivity contribution is -0.126. The molecule has 2 amide bonds. The number of likely N-dealkylation sites (N-methyl/N-ethyl adjacent to an activating group) is 1. The lowest BCUT2D eigenvalue weighted by Gasteiger charge is -2.35. The molecular weight excluding hydrogens is 505 g/mol. The van der Waals surface area contributed by atoms with Gasteiger partial charge in [-0.2, -0.15) is 5.26 Å². The van der Waals surface area contributed by atoms with Gasteiger partial charge in [0.1, 0.15) is 11.4 Å².